The molecule has 2 nitrogen and oxygen atoms in total. The summed E-state index contributed by atoms with van der Waals surface area (Å²) in [5.41, 5.74) is 21.0. The molecule has 0 aliphatic heterocycles. The van der Waals surface area contributed by atoms with Crippen molar-refractivity contribution in [1.29, 1.82) is 0 Å². The van der Waals surface area contributed by atoms with Gasteiger partial charge in [-0.2, -0.15) is 0 Å². The number of hydrogen-bond donors (Lipinski definition) is 0. The quantitative estimate of drug-likeness (QED) is 0.128. The molecule has 0 aliphatic rings. The van der Waals surface area contributed by atoms with E-state index in [4.69, 9.17) is 0 Å². The molecule has 0 aromatic heterocycles. The minimum atomic E-state index is 1.09. The minimum Gasteiger partial charge on any atom is -0.311 e. The fourth-order valence-electron chi connectivity index (χ4n) is 9.60. The molecule has 324 valence electrons. The Hall–Kier alpha value is -8.72. The summed E-state index contributed by atoms with van der Waals surface area (Å²) in [6, 6.07) is 96.7. The van der Waals surface area contributed by atoms with E-state index < -0.39 is 0 Å². The maximum absolute atomic E-state index is 2.37. The van der Waals surface area contributed by atoms with Gasteiger partial charge in [-0.3, -0.25) is 0 Å². The average Bonchev–Trinajstić information content (AvgIpc) is 3.40. The van der Waals surface area contributed by atoms with Crippen molar-refractivity contribution < 1.29 is 0 Å². The summed E-state index contributed by atoms with van der Waals surface area (Å²) in [5, 5.41) is 2.50. The van der Waals surface area contributed by atoms with Gasteiger partial charge in [0.05, 0.1) is 0 Å². The topological polar surface area (TPSA) is 6.48 Å². The van der Waals surface area contributed by atoms with Gasteiger partial charge >= 0.3 is 0 Å². The van der Waals surface area contributed by atoms with Crippen LogP contribution in [0.15, 0.2) is 267 Å². The zero-order valence-electron chi connectivity index (χ0n) is 38.3. The number of fused-ring (bicyclic) bond motifs is 1. The molecule has 2 heteroatoms. The molecule has 0 atom stereocenters. The molecule has 0 N–H and O–H groups in total. The lowest BCUT2D eigenvalue weighted by atomic mass is 9.97. The molecule has 11 aromatic rings. The van der Waals surface area contributed by atoms with Crippen LogP contribution in [0.2, 0.25) is 0 Å². The van der Waals surface area contributed by atoms with Gasteiger partial charge in [0.15, 0.2) is 0 Å². The Morgan fingerprint density at radius 3 is 1.04 bits per heavy atom. The largest absolute Gasteiger partial charge is 0.311 e. The summed E-state index contributed by atoms with van der Waals surface area (Å²) < 4.78 is 0. The van der Waals surface area contributed by atoms with Crippen molar-refractivity contribution in [2.24, 2.45) is 0 Å². The molecule has 11 rings (SSSR count). The number of benzene rings is 11. The van der Waals surface area contributed by atoms with Gasteiger partial charge in [0.2, 0.25) is 0 Å². The van der Waals surface area contributed by atoms with Crippen molar-refractivity contribution in [2.45, 2.75) is 13.8 Å². The van der Waals surface area contributed by atoms with Crippen LogP contribution in [0.25, 0.3) is 66.4 Å². The first-order valence-corrected chi connectivity index (χ1v) is 23.4. The molecule has 0 amide bonds. The highest BCUT2D eigenvalue weighted by Gasteiger charge is 2.17. The highest BCUT2D eigenvalue weighted by molar-refractivity contribution is 5.97. The third-order valence-corrected chi connectivity index (χ3v) is 12.9. The molecule has 0 heterocycles. The standard InChI is InChI=1S/C66H50N2/c1-47-43-48(2)45-58(44-47)57-19-11-20-64(46-57)68(63-41-31-56(32-42-63)66-22-12-18-55-17-9-10-21-65(55)66)62-39-29-54(30-40-62)53-27-37-61(38-28-53)67(59-33-23-51(24-34-59)49-13-5-3-6-14-49)60-35-25-52(26-36-60)50-15-7-4-8-16-50/h3-46H,1-2H3. The molecule has 11 aromatic carbocycles. The average molecular weight is 871 g/mol. The van der Waals surface area contributed by atoms with Crippen molar-refractivity contribution in [2.75, 3.05) is 9.80 Å². The highest BCUT2D eigenvalue weighted by Crippen LogP contribution is 2.41. The Bertz CT molecular complexity index is 3360. The molecule has 0 bridgehead atoms. The number of aryl methyl sites for hydroxylation is 2. The zero-order chi connectivity index (χ0) is 45.8. The van der Waals surface area contributed by atoms with Gasteiger partial charge in [-0.1, -0.05) is 205 Å². The fraction of sp³-hybridized carbons (Fsp3) is 0.0303. The highest BCUT2D eigenvalue weighted by atomic mass is 15.1. The van der Waals surface area contributed by atoms with E-state index in [-0.39, 0.29) is 0 Å². The van der Waals surface area contributed by atoms with Gasteiger partial charge in [-0.15, -0.1) is 0 Å². The van der Waals surface area contributed by atoms with Gasteiger partial charge in [-0.25, -0.2) is 0 Å². The minimum absolute atomic E-state index is 1.09. The van der Waals surface area contributed by atoms with Crippen molar-refractivity contribution in [3.63, 3.8) is 0 Å². The van der Waals surface area contributed by atoms with Crippen LogP contribution in [0.1, 0.15) is 11.1 Å². The summed E-state index contributed by atoms with van der Waals surface area (Å²) in [6.45, 7) is 4.34. The monoisotopic (exact) mass is 870 g/mol. The van der Waals surface area contributed by atoms with Crippen molar-refractivity contribution >= 4 is 44.9 Å². The van der Waals surface area contributed by atoms with Crippen LogP contribution in [-0.2, 0) is 0 Å². The second-order valence-electron chi connectivity index (χ2n) is 17.6. The van der Waals surface area contributed by atoms with Gasteiger partial charge in [0.1, 0.15) is 0 Å². The van der Waals surface area contributed by atoms with E-state index in [1.807, 2.05) is 0 Å². The summed E-state index contributed by atoms with van der Waals surface area (Å²) in [4.78, 5) is 4.71. The second kappa shape index (κ2) is 18.6. The first-order chi connectivity index (χ1) is 33.5. The molecule has 0 aliphatic carbocycles. The summed E-state index contributed by atoms with van der Waals surface area (Å²) in [7, 11) is 0. The van der Waals surface area contributed by atoms with Gasteiger partial charge in [0.25, 0.3) is 0 Å². The Labute approximate surface area is 400 Å². The molecule has 0 saturated heterocycles. The van der Waals surface area contributed by atoms with Gasteiger partial charge in [-0.05, 0) is 153 Å². The van der Waals surface area contributed by atoms with E-state index in [1.165, 1.54) is 66.4 Å². The Morgan fingerprint density at radius 2 is 0.574 bits per heavy atom. The van der Waals surface area contributed by atoms with E-state index in [0.29, 0.717) is 0 Å². The molecule has 68 heavy (non-hydrogen) atoms. The Morgan fingerprint density at radius 1 is 0.221 bits per heavy atom. The Balaban J connectivity index is 0.929. The molecular formula is C66H50N2. The maximum atomic E-state index is 2.37. The predicted molar refractivity (Wildman–Crippen MR) is 290 cm³/mol. The third kappa shape index (κ3) is 8.72. The predicted octanol–water partition coefficient (Wildman–Crippen LogP) is 18.7. The molecule has 0 saturated carbocycles. The summed E-state index contributed by atoms with van der Waals surface area (Å²) in [5.74, 6) is 0. The third-order valence-electron chi connectivity index (χ3n) is 12.9. The van der Waals surface area contributed by atoms with Crippen LogP contribution in [0.3, 0.4) is 0 Å². The number of anilines is 6. The van der Waals surface area contributed by atoms with Crippen LogP contribution in [-0.4, -0.2) is 0 Å². The van der Waals surface area contributed by atoms with Gasteiger partial charge in [0, 0.05) is 34.1 Å². The maximum Gasteiger partial charge on any atom is 0.0467 e. The van der Waals surface area contributed by atoms with Crippen molar-refractivity contribution in [1.82, 2.24) is 0 Å². The van der Waals surface area contributed by atoms with Crippen molar-refractivity contribution in [3.8, 4) is 55.6 Å². The number of nitrogens with zero attached hydrogens (tertiary/aromatic N) is 2. The lowest BCUT2D eigenvalue weighted by Gasteiger charge is -2.27. The van der Waals surface area contributed by atoms with Gasteiger partial charge < -0.3 is 9.80 Å². The molecule has 0 unspecified atom stereocenters. The van der Waals surface area contributed by atoms with Crippen molar-refractivity contribution in [3.05, 3.63) is 278 Å². The summed E-state index contributed by atoms with van der Waals surface area (Å²) >= 11 is 0. The first kappa shape index (κ1) is 41.9. The lowest BCUT2D eigenvalue weighted by molar-refractivity contribution is 1.28. The van der Waals surface area contributed by atoms with E-state index >= 15 is 0 Å². The van der Waals surface area contributed by atoms with Crippen LogP contribution in [0.5, 0.6) is 0 Å². The van der Waals surface area contributed by atoms with E-state index in [9.17, 15) is 0 Å². The Kier molecular flexibility index (Phi) is 11.5. The van der Waals surface area contributed by atoms with Crippen LogP contribution < -0.4 is 9.80 Å². The fourth-order valence-corrected chi connectivity index (χ4v) is 9.60. The number of hydrogen-bond acceptors (Lipinski definition) is 2. The molecular weight excluding hydrogens is 821 g/mol. The summed E-state index contributed by atoms with van der Waals surface area (Å²) in [6.07, 6.45) is 0. The van der Waals surface area contributed by atoms with Crippen LogP contribution in [0.4, 0.5) is 34.1 Å². The normalized spacial score (nSPS) is 11.1. The van der Waals surface area contributed by atoms with Crippen LogP contribution >= 0.6 is 0 Å². The number of rotatable bonds is 11. The second-order valence-corrected chi connectivity index (χ2v) is 17.6. The van der Waals surface area contributed by atoms with E-state index in [2.05, 4.69) is 291 Å². The smallest absolute Gasteiger partial charge is 0.0467 e. The van der Waals surface area contributed by atoms with E-state index in [0.717, 1.165) is 45.3 Å². The SMILES string of the molecule is Cc1cc(C)cc(-c2cccc(N(c3ccc(-c4ccc(N(c5ccc(-c6ccccc6)cc5)c5ccc(-c6ccccc6)cc5)cc4)cc3)c3ccc(-c4cccc5ccccc45)cc3)c2)c1. The van der Waals surface area contributed by atoms with E-state index in [1.54, 1.807) is 0 Å². The van der Waals surface area contributed by atoms with Crippen LogP contribution in [0, 0.1) is 13.8 Å². The lowest BCUT2D eigenvalue weighted by Crippen LogP contribution is -2.10. The first-order valence-electron chi connectivity index (χ1n) is 23.4. The molecule has 0 radical (unpaired) electrons. The molecule has 0 spiro atoms. The zero-order valence-corrected chi connectivity index (χ0v) is 38.3. The molecule has 0 fully saturated rings.